The summed E-state index contributed by atoms with van der Waals surface area (Å²) in [6, 6.07) is 8.01. The highest BCUT2D eigenvalue weighted by molar-refractivity contribution is 7.57. The first-order valence-corrected chi connectivity index (χ1v) is 12.8. The number of hydrogen-bond donors (Lipinski definition) is 1. The number of carbonyl (C=O) groups excluding carboxylic acids is 3. The van der Waals surface area contributed by atoms with Crippen molar-refractivity contribution < 1.29 is 42.7 Å². The lowest BCUT2D eigenvalue weighted by Crippen LogP contribution is -2.24. The maximum atomic E-state index is 13.0. The van der Waals surface area contributed by atoms with Crippen molar-refractivity contribution in [2.24, 2.45) is 0 Å². The minimum absolute atomic E-state index is 0.0484. The van der Waals surface area contributed by atoms with Gasteiger partial charge in [0.05, 0.1) is 37.8 Å². The van der Waals surface area contributed by atoms with Crippen LogP contribution in [0.4, 0.5) is 0 Å². The average Bonchev–Trinajstić information content (AvgIpc) is 2.82. The number of halogens is 4. The topological polar surface area (TPSA) is 129 Å². The van der Waals surface area contributed by atoms with E-state index in [1.807, 2.05) is 0 Å². The maximum Gasteiger partial charge on any atom is 0.359 e. The van der Waals surface area contributed by atoms with Gasteiger partial charge in [0.25, 0.3) is 0 Å². The van der Waals surface area contributed by atoms with Gasteiger partial charge in [-0.3, -0.25) is 23.6 Å². The normalized spacial score (nSPS) is 11.4. The van der Waals surface area contributed by atoms with Crippen LogP contribution in [0.2, 0.25) is 20.1 Å². The van der Waals surface area contributed by atoms with Crippen molar-refractivity contribution >= 4 is 71.8 Å². The van der Waals surface area contributed by atoms with Gasteiger partial charge in [0.1, 0.15) is 0 Å². The van der Waals surface area contributed by atoms with Crippen molar-refractivity contribution in [2.75, 3.05) is 20.1 Å². The van der Waals surface area contributed by atoms with Crippen LogP contribution < -0.4 is 0 Å². The number of esters is 2. The van der Waals surface area contributed by atoms with Crippen molar-refractivity contribution in [1.82, 2.24) is 5.06 Å². The minimum Gasteiger partial charge on any atom is -0.434 e. The van der Waals surface area contributed by atoms with Gasteiger partial charge in [-0.05, 0) is 36.4 Å². The van der Waals surface area contributed by atoms with Gasteiger partial charge >= 0.3 is 19.5 Å². The molecule has 0 saturated carbocycles. The lowest BCUT2D eigenvalue weighted by molar-refractivity contribution is -0.160. The summed E-state index contributed by atoms with van der Waals surface area (Å²) in [6.07, 6.45) is 1.10. The molecule has 0 spiro atoms. The zero-order valence-electron chi connectivity index (χ0n) is 18.4. The van der Waals surface area contributed by atoms with E-state index in [0.717, 1.165) is 18.8 Å². The van der Waals surface area contributed by atoms with E-state index in [2.05, 4.69) is 0 Å². The molecule has 2 aromatic rings. The van der Waals surface area contributed by atoms with Crippen LogP contribution in [0.1, 0.15) is 27.6 Å². The summed E-state index contributed by atoms with van der Waals surface area (Å²) in [7, 11) is -4.21. The number of rotatable bonds is 11. The van der Waals surface area contributed by atoms with E-state index in [4.69, 9.17) is 64.9 Å². The summed E-state index contributed by atoms with van der Waals surface area (Å²) in [5.74, 6) is -1.52. The van der Waals surface area contributed by atoms with E-state index in [-0.39, 0.29) is 37.8 Å². The van der Waals surface area contributed by atoms with E-state index in [0.29, 0.717) is 5.06 Å². The molecule has 0 radical (unpaired) electrons. The maximum absolute atomic E-state index is 13.0. The third-order valence-electron chi connectivity index (χ3n) is 4.09. The third-order valence-corrected chi connectivity index (χ3v) is 7.07. The number of carbonyl (C=O) groups is 3. The predicted octanol–water partition coefficient (Wildman–Crippen LogP) is 6.21. The number of hydrogen-bond acceptors (Lipinski definition) is 9. The van der Waals surface area contributed by atoms with Gasteiger partial charge < -0.3 is 9.47 Å². The second-order valence-corrected chi connectivity index (χ2v) is 10.2. The fraction of sp³-hybridized carbons (Fsp3) is 0.190. The number of ether oxygens (including phenoxy) is 2. The fourth-order valence-electron chi connectivity index (χ4n) is 2.25. The Bertz CT molecular complexity index is 1130. The smallest absolute Gasteiger partial charge is 0.359 e. The highest BCUT2D eigenvalue weighted by atomic mass is 35.5. The van der Waals surface area contributed by atoms with Gasteiger partial charge in [-0.1, -0.05) is 52.5 Å². The zero-order chi connectivity index (χ0) is 26.9. The van der Waals surface area contributed by atoms with Gasteiger partial charge in [0.15, 0.2) is 0 Å². The van der Waals surface area contributed by atoms with Gasteiger partial charge in [-0.15, -0.1) is 0 Å². The van der Waals surface area contributed by atoms with E-state index < -0.39 is 39.0 Å². The Hall–Kier alpha value is -2.14. The zero-order valence-corrected chi connectivity index (χ0v) is 22.3. The minimum atomic E-state index is -4.21. The molecule has 194 valence electrons. The molecule has 0 bridgehead atoms. The van der Waals surface area contributed by atoms with Crippen LogP contribution in [0.15, 0.2) is 48.3 Å². The molecule has 0 saturated heterocycles. The molecular formula is C21H18Cl4NO9P. The van der Waals surface area contributed by atoms with Gasteiger partial charge in [0.2, 0.25) is 19.5 Å². The summed E-state index contributed by atoms with van der Waals surface area (Å²) >= 11 is 23.3. The van der Waals surface area contributed by atoms with E-state index >= 15 is 0 Å². The monoisotopic (exact) mass is 599 g/mol. The summed E-state index contributed by atoms with van der Waals surface area (Å²) in [5, 5.41) is 10.5. The molecule has 0 fully saturated rings. The van der Waals surface area contributed by atoms with Crippen molar-refractivity contribution in [3.63, 3.8) is 0 Å². The van der Waals surface area contributed by atoms with Crippen LogP contribution in [-0.4, -0.2) is 48.2 Å². The molecule has 0 heterocycles. The molecule has 1 N–H and O–H groups in total. The first-order valence-electron chi connectivity index (χ1n) is 9.69. The molecular weight excluding hydrogens is 583 g/mol. The largest absolute Gasteiger partial charge is 0.434 e. The molecule has 2 rings (SSSR count). The molecule has 0 aliphatic heterocycles. The molecule has 15 heteroatoms. The standard InChI is InChI=1S/C21H18Cl4NO9P/c1-13(27)26(30)7-2-8-36(31,34-11-32-20(28)14-3-5-16(22)18(24)9-14)35-12-33-21(29)15-4-6-17(23)19(25)10-15/h2-6,8-10,30H,7,11-12H2,1H3/b8-2+. The third kappa shape index (κ3) is 9.38. The first kappa shape index (κ1) is 30.1. The number of hydroxylamine groups is 2. The summed E-state index contributed by atoms with van der Waals surface area (Å²) in [6.45, 7) is -0.933. The summed E-state index contributed by atoms with van der Waals surface area (Å²) in [4.78, 5) is 35.4. The highest BCUT2D eigenvalue weighted by Crippen LogP contribution is 2.49. The SMILES string of the molecule is CC(=O)N(O)C/C=C/P(=O)(OCOC(=O)c1ccc(Cl)c(Cl)c1)OCOC(=O)c1ccc(Cl)c(Cl)c1. The molecule has 0 aliphatic rings. The number of benzene rings is 2. The Balaban J connectivity index is 2.02. The van der Waals surface area contributed by atoms with Crippen LogP contribution in [0.5, 0.6) is 0 Å². The van der Waals surface area contributed by atoms with Crippen LogP contribution >= 0.6 is 54.0 Å². The van der Waals surface area contributed by atoms with Gasteiger partial charge in [0, 0.05) is 12.7 Å². The Kier molecular flexibility index (Phi) is 11.7. The molecule has 10 nitrogen and oxygen atoms in total. The molecule has 0 unspecified atom stereocenters. The van der Waals surface area contributed by atoms with Crippen molar-refractivity contribution in [2.45, 2.75) is 6.92 Å². The van der Waals surface area contributed by atoms with Crippen LogP contribution in [0.25, 0.3) is 0 Å². The number of nitrogens with zero attached hydrogens (tertiary/aromatic N) is 1. The summed E-state index contributed by atoms with van der Waals surface area (Å²) in [5.41, 5.74) is 0.0967. The van der Waals surface area contributed by atoms with Crippen LogP contribution in [-0.2, 0) is 27.9 Å². The van der Waals surface area contributed by atoms with Gasteiger partial charge in [-0.25, -0.2) is 14.7 Å². The Morgan fingerprint density at radius 2 is 1.31 bits per heavy atom. The molecule has 1 amide bonds. The average molecular weight is 601 g/mol. The molecule has 0 aromatic heterocycles. The summed E-state index contributed by atoms with van der Waals surface area (Å²) < 4.78 is 33.0. The van der Waals surface area contributed by atoms with Crippen molar-refractivity contribution in [1.29, 1.82) is 0 Å². The van der Waals surface area contributed by atoms with Crippen molar-refractivity contribution in [3.05, 3.63) is 79.5 Å². The number of amides is 1. The van der Waals surface area contributed by atoms with E-state index in [9.17, 15) is 24.2 Å². The molecule has 36 heavy (non-hydrogen) atoms. The Morgan fingerprint density at radius 3 is 1.69 bits per heavy atom. The van der Waals surface area contributed by atoms with E-state index in [1.165, 1.54) is 36.4 Å². The second-order valence-electron chi connectivity index (χ2n) is 6.64. The lowest BCUT2D eigenvalue weighted by Gasteiger charge is -2.16. The van der Waals surface area contributed by atoms with Crippen LogP contribution in [0.3, 0.4) is 0 Å². The highest BCUT2D eigenvalue weighted by Gasteiger charge is 2.24. The van der Waals surface area contributed by atoms with Gasteiger partial charge in [-0.2, -0.15) is 0 Å². The molecule has 0 aliphatic carbocycles. The quantitative estimate of drug-likeness (QED) is 0.105. The lowest BCUT2D eigenvalue weighted by atomic mass is 10.2. The van der Waals surface area contributed by atoms with Crippen LogP contribution in [0, 0.1) is 0 Å². The van der Waals surface area contributed by atoms with E-state index in [1.54, 1.807) is 0 Å². The molecule has 0 atom stereocenters. The molecule has 2 aromatic carbocycles. The van der Waals surface area contributed by atoms with Crippen molar-refractivity contribution in [3.8, 4) is 0 Å². The first-order chi connectivity index (χ1) is 16.9. The second kappa shape index (κ2) is 14.0. The Morgan fingerprint density at radius 1 is 0.861 bits per heavy atom. The Labute approximate surface area is 225 Å². The predicted molar refractivity (Wildman–Crippen MR) is 132 cm³/mol. The fourth-order valence-corrected chi connectivity index (χ4v) is 3.84.